The Hall–Kier alpha value is -3.50. The van der Waals surface area contributed by atoms with Gasteiger partial charge in [-0.3, -0.25) is 14.9 Å². The Kier molecular flexibility index (Phi) is 4.41. The lowest BCUT2D eigenvalue weighted by Gasteiger charge is -2.39. The lowest BCUT2D eigenvalue weighted by Crippen LogP contribution is -2.63. The molecule has 0 saturated carbocycles. The standard InChI is InChI=1S/C17H20N8O3/c1-9-3-10(2)25(23-9)14-4-13(19-8-20-14)24-6-11(7-24)15(26)21-12-5-18-17(28)22-16(12)27/h3-4,8,11-12H,5-7H2,1-2H3,(H,21,26)(H2,18,22,27,28). The van der Waals surface area contributed by atoms with Gasteiger partial charge in [0.25, 0.3) is 5.91 Å². The zero-order valence-electron chi connectivity index (χ0n) is 15.5. The molecule has 146 valence electrons. The van der Waals surface area contributed by atoms with Crippen molar-refractivity contribution in [3.8, 4) is 5.82 Å². The minimum atomic E-state index is -0.754. The molecule has 1 unspecified atom stereocenters. The molecule has 4 heterocycles. The van der Waals surface area contributed by atoms with Crippen LogP contribution in [0.3, 0.4) is 0 Å². The van der Waals surface area contributed by atoms with Gasteiger partial charge in [0.2, 0.25) is 5.91 Å². The normalized spacial score (nSPS) is 19.6. The van der Waals surface area contributed by atoms with E-state index in [9.17, 15) is 14.4 Å². The Balaban J connectivity index is 1.37. The van der Waals surface area contributed by atoms with Gasteiger partial charge in [-0.2, -0.15) is 5.10 Å². The molecule has 4 amide bonds. The summed E-state index contributed by atoms with van der Waals surface area (Å²) in [5.74, 6) is 0.402. The second kappa shape index (κ2) is 6.91. The third-order valence-electron chi connectivity index (χ3n) is 4.78. The van der Waals surface area contributed by atoms with Crippen molar-refractivity contribution in [2.75, 3.05) is 24.5 Å². The van der Waals surface area contributed by atoms with Crippen LogP contribution in [0.5, 0.6) is 0 Å². The second-order valence-electron chi connectivity index (χ2n) is 6.94. The summed E-state index contributed by atoms with van der Waals surface area (Å²) < 4.78 is 1.75. The molecular formula is C17H20N8O3. The molecule has 2 aliphatic heterocycles. The first-order chi connectivity index (χ1) is 13.4. The molecule has 3 N–H and O–H groups in total. The molecule has 28 heavy (non-hydrogen) atoms. The molecule has 0 aromatic carbocycles. The highest BCUT2D eigenvalue weighted by atomic mass is 16.2. The molecule has 0 aliphatic carbocycles. The highest BCUT2D eigenvalue weighted by Crippen LogP contribution is 2.24. The quantitative estimate of drug-likeness (QED) is 0.618. The first kappa shape index (κ1) is 17.9. The predicted molar refractivity (Wildman–Crippen MR) is 97.8 cm³/mol. The van der Waals surface area contributed by atoms with E-state index in [4.69, 9.17) is 0 Å². The van der Waals surface area contributed by atoms with Crippen LogP contribution < -0.4 is 20.9 Å². The zero-order chi connectivity index (χ0) is 19.8. The molecule has 1 atom stereocenters. The van der Waals surface area contributed by atoms with Crippen LogP contribution in [0, 0.1) is 19.8 Å². The van der Waals surface area contributed by atoms with Crippen molar-refractivity contribution in [3.05, 3.63) is 29.8 Å². The molecule has 4 rings (SSSR count). The van der Waals surface area contributed by atoms with Crippen molar-refractivity contribution in [1.82, 2.24) is 35.7 Å². The zero-order valence-corrected chi connectivity index (χ0v) is 15.5. The number of carbonyl (C=O) groups is 3. The SMILES string of the molecule is Cc1cc(C)n(-c2cc(N3CC(C(=O)NC4CNC(=O)NC4=O)C3)ncn2)n1. The van der Waals surface area contributed by atoms with Gasteiger partial charge >= 0.3 is 6.03 Å². The molecule has 2 aromatic heterocycles. The van der Waals surface area contributed by atoms with E-state index in [0.29, 0.717) is 24.7 Å². The minimum absolute atomic E-state index is 0.0880. The smallest absolute Gasteiger partial charge is 0.321 e. The highest BCUT2D eigenvalue weighted by molar-refractivity contribution is 6.01. The fraction of sp³-hybridized carbons (Fsp3) is 0.412. The second-order valence-corrected chi connectivity index (χ2v) is 6.94. The van der Waals surface area contributed by atoms with Gasteiger partial charge in [-0.1, -0.05) is 0 Å². The summed E-state index contributed by atoms with van der Waals surface area (Å²) in [7, 11) is 0. The molecular weight excluding hydrogens is 364 g/mol. The number of anilines is 1. The topological polar surface area (TPSA) is 134 Å². The van der Waals surface area contributed by atoms with Crippen LogP contribution in [0.15, 0.2) is 18.5 Å². The lowest BCUT2D eigenvalue weighted by molar-refractivity contribution is -0.131. The van der Waals surface area contributed by atoms with E-state index in [1.54, 1.807) is 4.68 Å². The van der Waals surface area contributed by atoms with Crippen molar-refractivity contribution >= 4 is 23.7 Å². The Bertz CT molecular complexity index is 950. The van der Waals surface area contributed by atoms with Gasteiger partial charge in [-0.05, 0) is 19.9 Å². The molecule has 0 bridgehead atoms. The number of hydrogen-bond donors (Lipinski definition) is 3. The van der Waals surface area contributed by atoms with Gasteiger partial charge in [0.05, 0.1) is 11.6 Å². The Morgan fingerprint density at radius 1 is 1.18 bits per heavy atom. The summed E-state index contributed by atoms with van der Waals surface area (Å²) >= 11 is 0. The fourth-order valence-corrected chi connectivity index (χ4v) is 3.26. The Morgan fingerprint density at radius 3 is 2.61 bits per heavy atom. The van der Waals surface area contributed by atoms with Gasteiger partial charge in [-0.25, -0.2) is 19.4 Å². The summed E-state index contributed by atoms with van der Waals surface area (Å²) in [4.78, 5) is 45.7. The largest absolute Gasteiger partial charge is 0.355 e. The molecule has 0 spiro atoms. The van der Waals surface area contributed by atoms with Crippen LogP contribution in [-0.2, 0) is 9.59 Å². The number of rotatable bonds is 4. The Labute approximate surface area is 160 Å². The summed E-state index contributed by atoms with van der Waals surface area (Å²) in [6, 6.07) is 2.50. The van der Waals surface area contributed by atoms with Crippen molar-refractivity contribution in [2.24, 2.45) is 5.92 Å². The van der Waals surface area contributed by atoms with Gasteiger partial charge in [-0.15, -0.1) is 0 Å². The summed E-state index contributed by atoms with van der Waals surface area (Å²) in [5.41, 5.74) is 1.88. The number of imide groups is 1. The van der Waals surface area contributed by atoms with E-state index in [2.05, 4.69) is 31.0 Å². The molecule has 0 radical (unpaired) electrons. The number of carbonyl (C=O) groups excluding carboxylic acids is 3. The third-order valence-corrected chi connectivity index (χ3v) is 4.78. The van der Waals surface area contributed by atoms with Crippen molar-refractivity contribution in [3.63, 3.8) is 0 Å². The molecule has 2 saturated heterocycles. The molecule has 11 nitrogen and oxygen atoms in total. The predicted octanol–water partition coefficient (Wildman–Crippen LogP) is -0.960. The molecule has 2 aliphatic rings. The minimum Gasteiger partial charge on any atom is -0.355 e. The number of amides is 4. The first-order valence-electron chi connectivity index (χ1n) is 8.90. The summed E-state index contributed by atoms with van der Waals surface area (Å²) in [6.07, 6.45) is 1.48. The van der Waals surface area contributed by atoms with Gasteiger partial charge < -0.3 is 15.5 Å². The number of aryl methyl sites for hydroxylation is 2. The van der Waals surface area contributed by atoms with Crippen molar-refractivity contribution < 1.29 is 14.4 Å². The van der Waals surface area contributed by atoms with Crippen LogP contribution in [0.1, 0.15) is 11.4 Å². The average molecular weight is 384 g/mol. The number of urea groups is 1. The Morgan fingerprint density at radius 2 is 1.93 bits per heavy atom. The maximum Gasteiger partial charge on any atom is 0.321 e. The van der Waals surface area contributed by atoms with Crippen molar-refractivity contribution in [1.29, 1.82) is 0 Å². The number of nitrogens with zero attached hydrogens (tertiary/aromatic N) is 5. The van der Waals surface area contributed by atoms with E-state index >= 15 is 0 Å². The van der Waals surface area contributed by atoms with Crippen LogP contribution in [-0.4, -0.2) is 63.3 Å². The molecule has 11 heteroatoms. The number of nitrogens with one attached hydrogen (secondary N) is 3. The van der Waals surface area contributed by atoms with E-state index in [-0.39, 0.29) is 18.4 Å². The van der Waals surface area contributed by atoms with E-state index in [0.717, 1.165) is 11.4 Å². The van der Waals surface area contributed by atoms with Gasteiger partial charge in [0.15, 0.2) is 5.82 Å². The van der Waals surface area contributed by atoms with Gasteiger partial charge in [0, 0.05) is 31.4 Å². The van der Waals surface area contributed by atoms with E-state index in [1.165, 1.54) is 6.33 Å². The van der Waals surface area contributed by atoms with Crippen LogP contribution >= 0.6 is 0 Å². The highest BCUT2D eigenvalue weighted by Gasteiger charge is 2.36. The molecule has 2 fully saturated rings. The number of hydrogen-bond acceptors (Lipinski definition) is 7. The van der Waals surface area contributed by atoms with Gasteiger partial charge in [0.1, 0.15) is 18.2 Å². The average Bonchev–Trinajstić information content (AvgIpc) is 2.95. The lowest BCUT2D eigenvalue weighted by atomic mass is 9.98. The van der Waals surface area contributed by atoms with E-state index in [1.807, 2.05) is 30.9 Å². The van der Waals surface area contributed by atoms with Crippen LogP contribution in [0.2, 0.25) is 0 Å². The maximum atomic E-state index is 12.4. The monoisotopic (exact) mass is 384 g/mol. The van der Waals surface area contributed by atoms with Crippen LogP contribution in [0.4, 0.5) is 10.6 Å². The summed E-state index contributed by atoms with van der Waals surface area (Å²) in [6.45, 7) is 4.93. The maximum absolute atomic E-state index is 12.4. The summed E-state index contributed by atoms with van der Waals surface area (Å²) in [5, 5.41) is 11.7. The third kappa shape index (κ3) is 3.38. The first-order valence-corrected chi connectivity index (χ1v) is 8.90. The number of aromatic nitrogens is 4. The molecule has 2 aromatic rings. The van der Waals surface area contributed by atoms with E-state index < -0.39 is 18.0 Å². The van der Waals surface area contributed by atoms with Crippen LogP contribution in [0.25, 0.3) is 5.82 Å². The fourth-order valence-electron chi connectivity index (χ4n) is 3.26. The van der Waals surface area contributed by atoms with Crippen molar-refractivity contribution in [2.45, 2.75) is 19.9 Å².